The first kappa shape index (κ1) is 19.2. The van der Waals surface area contributed by atoms with Gasteiger partial charge in [-0.2, -0.15) is 0 Å². The number of nitrogens with zero attached hydrogens (tertiary/aromatic N) is 4. The smallest absolute Gasteiger partial charge is 0.155 e. The third-order valence-electron chi connectivity index (χ3n) is 5.68. The van der Waals surface area contributed by atoms with Crippen LogP contribution in [-0.4, -0.2) is 23.1 Å². The van der Waals surface area contributed by atoms with Gasteiger partial charge in [-0.3, -0.25) is 4.98 Å². The van der Waals surface area contributed by atoms with Crippen LogP contribution in [0, 0.1) is 6.92 Å². The molecule has 0 amide bonds. The maximum Gasteiger partial charge on any atom is 0.155 e. The molecular formula is C26H24N4O. The summed E-state index contributed by atoms with van der Waals surface area (Å²) in [6, 6.07) is 18.3. The zero-order valence-corrected chi connectivity index (χ0v) is 18.0. The van der Waals surface area contributed by atoms with Crippen molar-refractivity contribution in [2.75, 3.05) is 18.0 Å². The monoisotopic (exact) mass is 408 g/mol. The topological polar surface area (TPSA) is 54.5 Å². The average molecular weight is 409 g/mol. The van der Waals surface area contributed by atoms with E-state index in [0.29, 0.717) is 0 Å². The molecule has 154 valence electrons. The van der Waals surface area contributed by atoms with E-state index in [4.69, 9.17) is 14.4 Å². The Morgan fingerprint density at radius 3 is 2.52 bits per heavy atom. The first-order chi connectivity index (χ1) is 15.2. The van der Waals surface area contributed by atoms with Gasteiger partial charge >= 0.3 is 0 Å². The summed E-state index contributed by atoms with van der Waals surface area (Å²) in [4.78, 5) is 16.4. The molecule has 31 heavy (non-hydrogen) atoms. The van der Waals surface area contributed by atoms with Crippen LogP contribution < -0.4 is 10.3 Å². The fourth-order valence-corrected chi connectivity index (χ4v) is 4.11. The quantitative estimate of drug-likeness (QED) is 0.276. The molecule has 2 heterocycles. The van der Waals surface area contributed by atoms with Gasteiger partial charge in [0.2, 0.25) is 0 Å². The molecule has 5 nitrogen and oxygen atoms in total. The van der Waals surface area contributed by atoms with Crippen LogP contribution >= 0.6 is 0 Å². The largest absolute Gasteiger partial charge is 0.453 e. The van der Waals surface area contributed by atoms with Crippen LogP contribution in [0.4, 0.5) is 11.4 Å². The molecule has 1 aliphatic heterocycles. The van der Waals surface area contributed by atoms with Crippen molar-refractivity contribution in [1.29, 1.82) is 0 Å². The molecule has 0 spiro atoms. The molecule has 0 unspecified atom stereocenters. The predicted molar refractivity (Wildman–Crippen MR) is 126 cm³/mol. The molecule has 0 N–H and O–H groups in total. The van der Waals surface area contributed by atoms with Crippen molar-refractivity contribution in [2.45, 2.75) is 20.8 Å². The molecule has 0 fully saturated rings. The molecule has 0 bridgehead atoms. The molecule has 5 rings (SSSR count). The summed E-state index contributed by atoms with van der Waals surface area (Å²) in [6.45, 7) is 8.31. The summed E-state index contributed by atoms with van der Waals surface area (Å²) in [6.07, 6.45) is 3.51. The van der Waals surface area contributed by atoms with Gasteiger partial charge in [0, 0.05) is 47.9 Å². The molecule has 0 saturated carbocycles. The van der Waals surface area contributed by atoms with Gasteiger partial charge < -0.3 is 9.32 Å². The number of rotatable bonds is 4. The first-order valence-corrected chi connectivity index (χ1v) is 10.6. The third-order valence-corrected chi connectivity index (χ3v) is 5.68. The van der Waals surface area contributed by atoms with Crippen LogP contribution in [0.3, 0.4) is 0 Å². The lowest BCUT2D eigenvalue weighted by atomic mass is 10.0. The number of hydrogen-bond donors (Lipinski definition) is 0. The maximum atomic E-state index is 6.43. The van der Waals surface area contributed by atoms with E-state index < -0.39 is 0 Å². The van der Waals surface area contributed by atoms with Crippen LogP contribution in [0.25, 0.3) is 33.3 Å². The van der Waals surface area contributed by atoms with Crippen molar-refractivity contribution >= 4 is 33.2 Å². The number of aromatic nitrogens is 2. The third kappa shape index (κ3) is 3.42. The number of hydrogen-bond acceptors (Lipinski definition) is 5. The zero-order chi connectivity index (χ0) is 21.4. The molecule has 1 aliphatic carbocycles. The number of pyridine rings is 1. The lowest BCUT2D eigenvalue weighted by molar-refractivity contribution is 0.613. The first-order valence-electron chi connectivity index (χ1n) is 10.6. The van der Waals surface area contributed by atoms with E-state index in [0.717, 1.165) is 68.7 Å². The van der Waals surface area contributed by atoms with E-state index in [1.165, 1.54) is 0 Å². The zero-order valence-electron chi connectivity index (χ0n) is 18.0. The fraction of sp³-hybridized carbons (Fsp3) is 0.192. The van der Waals surface area contributed by atoms with Gasteiger partial charge in [0.15, 0.2) is 11.3 Å². The second-order valence-corrected chi connectivity index (χ2v) is 7.61. The molecule has 0 radical (unpaired) electrons. The Morgan fingerprint density at radius 1 is 0.968 bits per heavy atom. The molecule has 5 heteroatoms. The molecule has 3 aromatic rings. The minimum atomic E-state index is 0.727. The Kier molecular flexibility index (Phi) is 4.86. The Morgan fingerprint density at radius 2 is 1.77 bits per heavy atom. The highest BCUT2D eigenvalue weighted by Crippen LogP contribution is 2.33. The lowest BCUT2D eigenvalue weighted by Crippen LogP contribution is -2.21. The lowest BCUT2D eigenvalue weighted by Gasteiger charge is -2.22. The van der Waals surface area contributed by atoms with Gasteiger partial charge in [-0.25, -0.2) is 9.98 Å². The van der Waals surface area contributed by atoms with Crippen molar-refractivity contribution in [3.63, 3.8) is 0 Å². The Balaban J connectivity index is 1.83. The molecule has 1 aromatic heterocycles. The molecule has 2 aromatic carbocycles. The summed E-state index contributed by atoms with van der Waals surface area (Å²) in [5, 5.41) is 2.91. The summed E-state index contributed by atoms with van der Waals surface area (Å²) in [5.74, 6) is 0.727. The summed E-state index contributed by atoms with van der Waals surface area (Å²) < 4.78 is 6.43. The molecule has 0 saturated heterocycles. The molecular weight excluding hydrogens is 384 g/mol. The summed E-state index contributed by atoms with van der Waals surface area (Å²) >= 11 is 0. The highest BCUT2D eigenvalue weighted by atomic mass is 16.3. The molecule has 2 aliphatic rings. The van der Waals surface area contributed by atoms with Crippen molar-refractivity contribution in [3.05, 3.63) is 77.9 Å². The number of fused-ring (bicyclic) bond motifs is 4. The minimum absolute atomic E-state index is 0.727. The van der Waals surface area contributed by atoms with Gasteiger partial charge in [-0.05, 0) is 44.5 Å². The van der Waals surface area contributed by atoms with Crippen LogP contribution in [0.2, 0.25) is 0 Å². The predicted octanol–water partition coefficient (Wildman–Crippen LogP) is 5.87. The fourth-order valence-electron chi connectivity index (χ4n) is 4.11. The Hall–Kier alpha value is -3.73. The second-order valence-electron chi connectivity index (χ2n) is 7.61. The van der Waals surface area contributed by atoms with Crippen molar-refractivity contribution in [3.8, 4) is 11.5 Å². The van der Waals surface area contributed by atoms with Gasteiger partial charge in [-0.15, -0.1) is 0 Å². The van der Waals surface area contributed by atoms with Crippen LogP contribution in [0.15, 0.2) is 76.4 Å². The maximum absolute atomic E-state index is 6.43. The second kappa shape index (κ2) is 7.84. The van der Waals surface area contributed by atoms with E-state index in [1.807, 2.05) is 30.3 Å². The van der Waals surface area contributed by atoms with Gasteiger partial charge in [-0.1, -0.05) is 24.3 Å². The highest BCUT2D eigenvalue weighted by molar-refractivity contribution is 5.97. The van der Waals surface area contributed by atoms with E-state index in [-0.39, 0.29) is 0 Å². The van der Waals surface area contributed by atoms with E-state index in [2.05, 4.69) is 54.9 Å². The normalized spacial score (nSPS) is 12.2. The number of aryl methyl sites for hydroxylation is 1. The Bertz CT molecular complexity index is 1420. The van der Waals surface area contributed by atoms with Crippen molar-refractivity contribution in [1.82, 2.24) is 9.97 Å². The van der Waals surface area contributed by atoms with Crippen LogP contribution in [-0.2, 0) is 0 Å². The van der Waals surface area contributed by atoms with Crippen LogP contribution in [0.5, 0.6) is 0 Å². The Labute approximate surface area is 181 Å². The standard InChI is InChI=1S/C26H24N4O/c1-4-30(5-2)19-13-17(3)25-23(14-19)31-24-15-22(28-18-9-8-12-27-16-18)20-10-6-7-11-21(20)26(24)29-25/h6-16H,4-5H2,1-3H3/b28-22-. The van der Waals surface area contributed by atoms with E-state index in [1.54, 1.807) is 12.4 Å². The van der Waals surface area contributed by atoms with Crippen molar-refractivity contribution < 1.29 is 4.42 Å². The number of benzene rings is 3. The van der Waals surface area contributed by atoms with Gasteiger partial charge in [0.1, 0.15) is 11.2 Å². The average Bonchev–Trinajstić information content (AvgIpc) is 2.80. The molecule has 0 atom stereocenters. The highest BCUT2D eigenvalue weighted by Gasteiger charge is 2.17. The summed E-state index contributed by atoms with van der Waals surface area (Å²) in [7, 11) is 0. The van der Waals surface area contributed by atoms with E-state index >= 15 is 0 Å². The van der Waals surface area contributed by atoms with E-state index in [9.17, 15) is 0 Å². The SMILES string of the molecule is CCN(CC)c1cc(C)c2nc3c4ccccc4/c(=N\c4cccnc4)cc-3oc2c1. The van der Waals surface area contributed by atoms with Gasteiger partial charge in [0.05, 0.1) is 17.2 Å². The van der Waals surface area contributed by atoms with Gasteiger partial charge in [0.25, 0.3) is 0 Å². The summed E-state index contributed by atoms with van der Waals surface area (Å²) in [5.41, 5.74) is 5.61. The minimum Gasteiger partial charge on any atom is -0.453 e. The van der Waals surface area contributed by atoms with Crippen molar-refractivity contribution in [2.24, 2.45) is 4.99 Å². The number of anilines is 1. The van der Waals surface area contributed by atoms with Crippen LogP contribution in [0.1, 0.15) is 19.4 Å².